The summed E-state index contributed by atoms with van der Waals surface area (Å²) in [4.78, 5) is 33.6. The fourth-order valence-corrected chi connectivity index (χ4v) is 1.62. The second-order valence-corrected chi connectivity index (χ2v) is 4.37. The van der Waals surface area contributed by atoms with Gasteiger partial charge in [-0.2, -0.15) is 10.2 Å². The molecule has 1 heterocycles. The van der Waals surface area contributed by atoms with Gasteiger partial charge in [0, 0.05) is 5.02 Å². The topological polar surface area (TPSA) is 100.0 Å². The van der Waals surface area contributed by atoms with Crippen LogP contribution in [0.4, 0.5) is 10.5 Å². The minimum absolute atomic E-state index is 0.215. The number of imide groups is 2. The number of carbonyl (C=O) groups is 3. The number of barbiturate groups is 1. The Morgan fingerprint density at radius 2 is 1.68 bits per heavy atom. The lowest BCUT2D eigenvalue weighted by Gasteiger charge is -2.16. The minimum atomic E-state index is -1.44. The summed E-state index contributed by atoms with van der Waals surface area (Å²) in [5.41, 5.74) is 0.215. The molecule has 9 heteroatoms. The fraction of sp³-hybridized carbons (Fsp3) is 0.100. The third-order valence-corrected chi connectivity index (χ3v) is 2.71. The molecule has 0 aromatic heterocycles. The van der Waals surface area contributed by atoms with Gasteiger partial charge in [0.25, 0.3) is 11.8 Å². The third-order valence-electron chi connectivity index (χ3n) is 2.16. The van der Waals surface area contributed by atoms with Gasteiger partial charge >= 0.3 is 6.03 Å². The highest BCUT2D eigenvalue weighted by Crippen LogP contribution is 2.28. The Hall–Kier alpha value is -1.99. The van der Waals surface area contributed by atoms with E-state index in [1.165, 1.54) is 12.1 Å². The highest BCUT2D eigenvalue weighted by atomic mass is 35.5. The lowest BCUT2D eigenvalue weighted by atomic mass is 10.2. The van der Waals surface area contributed by atoms with E-state index in [0.29, 0.717) is 5.02 Å². The van der Waals surface area contributed by atoms with E-state index >= 15 is 0 Å². The van der Waals surface area contributed by atoms with Crippen molar-refractivity contribution >= 4 is 46.7 Å². The van der Waals surface area contributed by atoms with Gasteiger partial charge < -0.3 is 0 Å². The molecule has 1 aromatic carbocycles. The summed E-state index contributed by atoms with van der Waals surface area (Å²) in [6.07, 6.45) is 0. The summed E-state index contributed by atoms with van der Waals surface area (Å²) in [7, 11) is 0. The number of amides is 4. The molecule has 19 heavy (non-hydrogen) atoms. The highest BCUT2D eigenvalue weighted by Gasteiger charge is 2.34. The van der Waals surface area contributed by atoms with Crippen molar-refractivity contribution in [1.29, 1.82) is 0 Å². The summed E-state index contributed by atoms with van der Waals surface area (Å²) in [5, 5.41) is 11.7. The Labute approximate surface area is 117 Å². The molecule has 1 aliphatic heterocycles. The maximum atomic E-state index is 11.4. The van der Waals surface area contributed by atoms with Crippen molar-refractivity contribution in [2.24, 2.45) is 10.2 Å². The van der Waals surface area contributed by atoms with Crippen molar-refractivity contribution in [3.8, 4) is 0 Å². The smallest absolute Gasteiger partial charge is 0.275 e. The van der Waals surface area contributed by atoms with Crippen LogP contribution >= 0.6 is 23.2 Å². The predicted molar refractivity (Wildman–Crippen MR) is 66.4 cm³/mol. The summed E-state index contributed by atoms with van der Waals surface area (Å²) < 4.78 is 0. The molecular formula is C10H6Cl2N4O3. The molecular weight excluding hydrogens is 295 g/mol. The first-order chi connectivity index (χ1) is 8.97. The number of nitrogens with one attached hydrogen (secondary N) is 2. The number of azo groups is 1. The molecule has 0 spiro atoms. The van der Waals surface area contributed by atoms with Gasteiger partial charge in [0.2, 0.25) is 6.04 Å². The zero-order valence-electron chi connectivity index (χ0n) is 9.18. The molecule has 0 radical (unpaired) electrons. The number of urea groups is 1. The molecule has 0 unspecified atom stereocenters. The number of benzene rings is 1. The Bertz CT molecular complexity index is 582. The van der Waals surface area contributed by atoms with Crippen LogP contribution in [0.5, 0.6) is 0 Å². The van der Waals surface area contributed by atoms with E-state index < -0.39 is 23.9 Å². The van der Waals surface area contributed by atoms with E-state index in [4.69, 9.17) is 23.2 Å². The molecule has 7 nitrogen and oxygen atoms in total. The van der Waals surface area contributed by atoms with Crippen LogP contribution in [0, 0.1) is 0 Å². The second kappa shape index (κ2) is 5.33. The molecule has 1 aromatic rings. The Kier molecular flexibility index (Phi) is 3.77. The van der Waals surface area contributed by atoms with Crippen LogP contribution < -0.4 is 10.6 Å². The molecule has 4 amide bonds. The highest BCUT2D eigenvalue weighted by molar-refractivity contribution is 6.35. The Morgan fingerprint density at radius 3 is 2.32 bits per heavy atom. The van der Waals surface area contributed by atoms with E-state index in [1.54, 1.807) is 6.07 Å². The van der Waals surface area contributed by atoms with Gasteiger partial charge in [-0.3, -0.25) is 20.2 Å². The van der Waals surface area contributed by atoms with Crippen molar-refractivity contribution in [3.05, 3.63) is 28.2 Å². The van der Waals surface area contributed by atoms with Crippen LogP contribution in [0.25, 0.3) is 0 Å². The quantitative estimate of drug-likeness (QED) is 0.643. The molecule has 2 rings (SSSR count). The van der Waals surface area contributed by atoms with Crippen molar-refractivity contribution in [3.63, 3.8) is 0 Å². The molecule has 2 N–H and O–H groups in total. The summed E-state index contributed by atoms with van der Waals surface area (Å²) in [6.45, 7) is 0. The summed E-state index contributed by atoms with van der Waals surface area (Å²) >= 11 is 11.6. The first-order valence-electron chi connectivity index (χ1n) is 4.99. The van der Waals surface area contributed by atoms with Gasteiger partial charge in [0.1, 0.15) is 5.69 Å². The van der Waals surface area contributed by atoms with E-state index in [-0.39, 0.29) is 10.7 Å². The lowest BCUT2D eigenvalue weighted by molar-refractivity contribution is -0.131. The molecule has 0 atom stereocenters. The van der Waals surface area contributed by atoms with Gasteiger partial charge in [0.15, 0.2) is 0 Å². The maximum Gasteiger partial charge on any atom is 0.328 e. The van der Waals surface area contributed by atoms with Crippen molar-refractivity contribution < 1.29 is 14.4 Å². The van der Waals surface area contributed by atoms with Crippen LogP contribution in [0.15, 0.2) is 28.4 Å². The predicted octanol–water partition coefficient (Wildman–Crippen LogP) is 1.81. The largest absolute Gasteiger partial charge is 0.328 e. The third kappa shape index (κ3) is 3.07. The molecule has 0 aliphatic carbocycles. The van der Waals surface area contributed by atoms with E-state index in [2.05, 4.69) is 10.2 Å². The minimum Gasteiger partial charge on any atom is -0.275 e. The van der Waals surface area contributed by atoms with Crippen LogP contribution in [-0.2, 0) is 9.59 Å². The number of halogens is 2. The van der Waals surface area contributed by atoms with E-state index in [1.807, 2.05) is 10.6 Å². The fourth-order valence-electron chi connectivity index (χ4n) is 1.30. The molecule has 1 saturated heterocycles. The summed E-state index contributed by atoms with van der Waals surface area (Å²) in [6, 6.07) is 2.16. The van der Waals surface area contributed by atoms with Crippen molar-refractivity contribution in [1.82, 2.24) is 10.6 Å². The van der Waals surface area contributed by atoms with Crippen LogP contribution in [0.1, 0.15) is 0 Å². The van der Waals surface area contributed by atoms with E-state index in [0.717, 1.165) is 0 Å². The molecule has 98 valence electrons. The van der Waals surface area contributed by atoms with Gasteiger partial charge in [-0.05, 0) is 18.2 Å². The van der Waals surface area contributed by atoms with Crippen LogP contribution in [-0.4, -0.2) is 23.9 Å². The Balaban J connectivity index is 2.22. The second-order valence-electron chi connectivity index (χ2n) is 3.52. The average molecular weight is 301 g/mol. The first kappa shape index (κ1) is 13.4. The zero-order chi connectivity index (χ0) is 14.0. The van der Waals surface area contributed by atoms with Crippen LogP contribution in [0.2, 0.25) is 10.0 Å². The lowest BCUT2D eigenvalue weighted by Crippen LogP contribution is -2.57. The van der Waals surface area contributed by atoms with Gasteiger partial charge in [-0.15, -0.1) is 0 Å². The van der Waals surface area contributed by atoms with E-state index in [9.17, 15) is 14.4 Å². The first-order valence-corrected chi connectivity index (χ1v) is 5.74. The van der Waals surface area contributed by atoms with Gasteiger partial charge in [0.05, 0.1) is 5.02 Å². The number of hydrogen-bond donors (Lipinski definition) is 2. The Morgan fingerprint density at radius 1 is 1.05 bits per heavy atom. The van der Waals surface area contributed by atoms with Crippen molar-refractivity contribution in [2.75, 3.05) is 0 Å². The summed E-state index contributed by atoms with van der Waals surface area (Å²) in [5.74, 6) is -1.70. The van der Waals surface area contributed by atoms with Crippen LogP contribution in [0.3, 0.4) is 0 Å². The number of nitrogens with zero attached hydrogens (tertiary/aromatic N) is 2. The zero-order valence-corrected chi connectivity index (χ0v) is 10.7. The molecule has 0 bridgehead atoms. The SMILES string of the molecule is O=C1NC(=O)C(N=Nc2cc(Cl)ccc2Cl)C(=O)N1. The maximum absolute atomic E-state index is 11.4. The monoisotopic (exact) mass is 300 g/mol. The molecule has 0 saturated carbocycles. The normalized spacial score (nSPS) is 16.6. The van der Waals surface area contributed by atoms with Gasteiger partial charge in [-0.1, -0.05) is 23.2 Å². The standard InChI is InChI=1S/C10H6Cl2N4O3/c11-4-1-2-5(12)6(3-4)15-16-7-8(17)13-10(19)14-9(7)18/h1-3,7H,(H2,13,14,17,18,19). The number of rotatable bonds is 2. The van der Waals surface area contributed by atoms with Gasteiger partial charge in [-0.25, -0.2) is 4.79 Å². The molecule has 1 aliphatic rings. The molecule has 1 fully saturated rings. The number of carbonyl (C=O) groups excluding carboxylic acids is 3. The average Bonchev–Trinajstić information content (AvgIpc) is 2.32. The van der Waals surface area contributed by atoms with Crippen molar-refractivity contribution in [2.45, 2.75) is 6.04 Å². The number of hydrogen-bond acceptors (Lipinski definition) is 5.